The molecule has 5 rings (SSSR count). The highest BCUT2D eigenvalue weighted by Crippen LogP contribution is 2.37. The van der Waals surface area contributed by atoms with Crippen LogP contribution in [0.25, 0.3) is 34.4 Å². The lowest BCUT2D eigenvalue weighted by Crippen LogP contribution is -1.87. The van der Waals surface area contributed by atoms with Crippen LogP contribution in [0.5, 0.6) is 0 Å². The van der Waals surface area contributed by atoms with Crippen LogP contribution >= 0.6 is 0 Å². The molecule has 0 unspecified atom stereocenters. The quantitative estimate of drug-likeness (QED) is 0.613. The normalized spacial score (nSPS) is 17.1. The van der Waals surface area contributed by atoms with Gasteiger partial charge in [0.25, 0.3) is 0 Å². The van der Waals surface area contributed by atoms with E-state index < -0.39 is 0 Å². The first kappa shape index (κ1) is 18.6. The zero-order valence-electron chi connectivity index (χ0n) is 16.5. The van der Waals surface area contributed by atoms with Crippen LogP contribution in [0.2, 0.25) is 0 Å². The Hall–Kier alpha value is -3.46. The molecule has 2 heteroatoms. The van der Waals surface area contributed by atoms with Crippen molar-refractivity contribution in [2.24, 2.45) is 0 Å². The highest BCUT2D eigenvalue weighted by atomic mass is 16.3. The third-order valence-corrected chi connectivity index (χ3v) is 5.72. The molecule has 0 amide bonds. The van der Waals surface area contributed by atoms with Crippen molar-refractivity contribution >= 4 is 34.4 Å². The molecule has 30 heavy (non-hydrogen) atoms. The van der Waals surface area contributed by atoms with E-state index in [0.29, 0.717) is 0 Å². The van der Waals surface area contributed by atoms with E-state index in [9.17, 15) is 10.2 Å². The van der Waals surface area contributed by atoms with Crippen molar-refractivity contribution in [3.8, 4) is 0 Å². The Balaban J connectivity index is 1.53. The van der Waals surface area contributed by atoms with Gasteiger partial charge in [-0.3, -0.25) is 0 Å². The second kappa shape index (κ2) is 7.75. The molecule has 0 atom stereocenters. The topological polar surface area (TPSA) is 40.5 Å². The summed E-state index contributed by atoms with van der Waals surface area (Å²) >= 11 is 0. The van der Waals surface area contributed by atoms with E-state index in [-0.39, 0.29) is 13.2 Å². The Morgan fingerprint density at radius 1 is 0.533 bits per heavy atom. The van der Waals surface area contributed by atoms with Gasteiger partial charge in [-0.25, -0.2) is 0 Å². The molecule has 0 fully saturated rings. The van der Waals surface area contributed by atoms with E-state index in [1.807, 2.05) is 24.3 Å². The molecule has 2 aliphatic carbocycles. The van der Waals surface area contributed by atoms with Gasteiger partial charge in [-0.05, 0) is 86.0 Å². The first-order valence-corrected chi connectivity index (χ1v) is 10.1. The minimum Gasteiger partial charge on any atom is -0.392 e. The van der Waals surface area contributed by atoms with Crippen LogP contribution in [0.1, 0.15) is 33.4 Å². The van der Waals surface area contributed by atoms with Crippen molar-refractivity contribution in [1.82, 2.24) is 0 Å². The van der Waals surface area contributed by atoms with Crippen molar-refractivity contribution in [2.75, 3.05) is 13.2 Å². The van der Waals surface area contributed by atoms with Crippen molar-refractivity contribution in [2.45, 2.75) is 0 Å². The minimum absolute atomic E-state index is 0.0411. The number of hydrogen-bond acceptors (Lipinski definition) is 2. The Bertz CT molecular complexity index is 1160. The number of aliphatic hydroxyl groups is 2. The first-order valence-electron chi connectivity index (χ1n) is 10.1. The number of hydrogen-bond donors (Lipinski definition) is 2. The van der Waals surface area contributed by atoms with Crippen LogP contribution in [0, 0.1) is 0 Å². The Kier molecular flexibility index (Phi) is 4.80. The number of benzene rings is 3. The molecule has 3 aromatic carbocycles. The fourth-order valence-corrected chi connectivity index (χ4v) is 4.31. The maximum absolute atomic E-state index is 9.70. The number of fused-ring (bicyclic) bond motifs is 2. The van der Waals surface area contributed by atoms with E-state index in [0.717, 1.165) is 55.7 Å². The molecule has 3 aromatic rings. The van der Waals surface area contributed by atoms with E-state index in [4.69, 9.17) is 0 Å². The summed E-state index contributed by atoms with van der Waals surface area (Å²) in [5.74, 6) is 0. The van der Waals surface area contributed by atoms with E-state index >= 15 is 0 Å². The van der Waals surface area contributed by atoms with Crippen LogP contribution in [0.4, 0.5) is 0 Å². The van der Waals surface area contributed by atoms with Crippen molar-refractivity contribution in [3.63, 3.8) is 0 Å². The van der Waals surface area contributed by atoms with Gasteiger partial charge >= 0.3 is 0 Å². The Morgan fingerprint density at radius 2 is 0.967 bits per heavy atom. The maximum Gasteiger partial charge on any atom is 0.0688 e. The lowest BCUT2D eigenvalue weighted by atomic mass is 10.00. The van der Waals surface area contributed by atoms with Crippen molar-refractivity contribution in [3.05, 3.63) is 118 Å². The smallest absolute Gasteiger partial charge is 0.0688 e. The summed E-state index contributed by atoms with van der Waals surface area (Å²) in [5, 5.41) is 19.4. The molecule has 2 nitrogen and oxygen atoms in total. The summed E-state index contributed by atoms with van der Waals surface area (Å²) in [5.41, 5.74) is 10.9. The average molecular weight is 390 g/mol. The predicted octanol–water partition coefficient (Wildman–Crippen LogP) is 5.55. The van der Waals surface area contributed by atoms with Crippen molar-refractivity contribution < 1.29 is 10.2 Å². The molecule has 2 aliphatic rings. The summed E-state index contributed by atoms with van der Waals surface area (Å²) in [7, 11) is 0. The average Bonchev–Trinajstić information content (AvgIpc) is 3.32. The Labute approximate surface area is 176 Å². The zero-order valence-corrected chi connectivity index (χ0v) is 16.5. The summed E-state index contributed by atoms with van der Waals surface area (Å²) in [6, 6.07) is 24.8. The van der Waals surface area contributed by atoms with Gasteiger partial charge < -0.3 is 10.2 Å². The van der Waals surface area contributed by atoms with Crippen LogP contribution in [-0.4, -0.2) is 23.4 Å². The van der Waals surface area contributed by atoms with Gasteiger partial charge in [0.1, 0.15) is 0 Å². The zero-order chi connectivity index (χ0) is 20.5. The number of aliphatic hydroxyl groups excluding tert-OH is 2. The lowest BCUT2D eigenvalue weighted by molar-refractivity contribution is 0.350. The number of rotatable bonds is 4. The van der Waals surface area contributed by atoms with E-state index in [1.54, 1.807) is 0 Å². The molecule has 0 radical (unpaired) electrons. The monoisotopic (exact) mass is 390 g/mol. The second-order valence-corrected chi connectivity index (χ2v) is 7.62. The molecule has 0 aliphatic heterocycles. The van der Waals surface area contributed by atoms with Crippen LogP contribution in [0.3, 0.4) is 0 Å². The fraction of sp³-hybridized carbons (Fsp3) is 0.0714. The van der Waals surface area contributed by atoms with Gasteiger partial charge in [0, 0.05) is 0 Å². The minimum atomic E-state index is 0.0411. The largest absolute Gasteiger partial charge is 0.392 e. The van der Waals surface area contributed by atoms with Gasteiger partial charge in [-0.1, -0.05) is 66.7 Å². The molecule has 0 aromatic heterocycles. The lowest BCUT2D eigenvalue weighted by Gasteiger charge is -2.04. The third-order valence-electron chi connectivity index (χ3n) is 5.72. The molecule has 2 N–H and O–H groups in total. The molecule has 0 saturated heterocycles. The maximum atomic E-state index is 9.70. The van der Waals surface area contributed by atoms with Gasteiger partial charge in [0.2, 0.25) is 0 Å². The molecular weight excluding hydrogens is 368 g/mol. The van der Waals surface area contributed by atoms with Crippen molar-refractivity contribution in [1.29, 1.82) is 0 Å². The third kappa shape index (κ3) is 3.26. The second-order valence-electron chi connectivity index (χ2n) is 7.62. The highest BCUT2D eigenvalue weighted by Gasteiger charge is 2.18. The molecule has 0 spiro atoms. The molecular formula is C28H22O2. The molecule has 0 heterocycles. The fourth-order valence-electron chi connectivity index (χ4n) is 4.31. The first-order chi connectivity index (χ1) is 14.8. The van der Waals surface area contributed by atoms with Crippen LogP contribution in [0.15, 0.2) is 84.9 Å². The van der Waals surface area contributed by atoms with Gasteiger partial charge in [0.15, 0.2) is 0 Å². The molecule has 146 valence electrons. The standard InChI is InChI=1S/C28H22O2/c29-17-23-15-21(25-8-1-3-10-27(23)25)13-19-6-5-7-20(12-19)14-22-16-24(18-30)28-11-4-2-9-26(22)28/h1-16,29-30H,17-18H2/b21-13+,22-14+. The Morgan fingerprint density at radius 3 is 1.40 bits per heavy atom. The van der Waals surface area contributed by atoms with Crippen LogP contribution in [-0.2, 0) is 0 Å². The summed E-state index contributed by atoms with van der Waals surface area (Å²) < 4.78 is 0. The molecule has 0 bridgehead atoms. The number of allylic oxidation sites excluding steroid dienone is 4. The summed E-state index contributed by atoms with van der Waals surface area (Å²) in [6.07, 6.45) is 8.47. The summed E-state index contributed by atoms with van der Waals surface area (Å²) in [6.45, 7) is 0.0822. The highest BCUT2D eigenvalue weighted by molar-refractivity contribution is 6.03. The van der Waals surface area contributed by atoms with Gasteiger partial charge in [-0.15, -0.1) is 0 Å². The van der Waals surface area contributed by atoms with Gasteiger partial charge in [0.05, 0.1) is 13.2 Å². The predicted molar refractivity (Wildman–Crippen MR) is 125 cm³/mol. The SMILES string of the molecule is OCC1=C/C(=C\c2cccc(/C=C3\C=C(CO)c4ccccc43)c2)c2ccccc21. The molecule has 0 saturated carbocycles. The van der Waals surface area contributed by atoms with E-state index in [1.165, 1.54) is 0 Å². The van der Waals surface area contributed by atoms with E-state index in [2.05, 4.69) is 72.8 Å². The van der Waals surface area contributed by atoms with Crippen LogP contribution < -0.4 is 0 Å². The summed E-state index contributed by atoms with van der Waals surface area (Å²) in [4.78, 5) is 0. The van der Waals surface area contributed by atoms with Gasteiger partial charge in [-0.2, -0.15) is 0 Å².